The summed E-state index contributed by atoms with van der Waals surface area (Å²) in [5.74, 6) is -1.03. The van der Waals surface area contributed by atoms with Gasteiger partial charge in [-0.2, -0.15) is 0 Å². The molecule has 0 aromatic rings. The highest BCUT2D eigenvalue weighted by atomic mass is 16.5. The van der Waals surface area contributed by atoms with Crippen molar-refractivity contribution in [2.75, 3.05) is 26.2 Å². The minimum atomic E-state index is -0.811. The summed E-state index contributed by atoms with van der Waals surface area (Å²) in [6.07, 6.45) is 6.71. The molecule has 2 amide bonds. The van der Waals surface area contributed by atoms with E-state index in [4.69, 9.17) is 9.84 Å². The predicted molar refractivity (Wildman–Crippen MR) is 82.7 cm³/mol. The number of carbonyl (C=O) groups excluding carboxylic acids is 1. The Bertz CT molecular complexity index is 382. The van der Waals surface area contributed by atoms with Crippen LogP contribution in [-0.2, 0) is 9.53 Å². The Hall–Kier alpha value is -1.30. The first kappa shape index (κ1) is 17.1. The van der Waals surface area contributed by atoms with Crippen LogP contribution in [-0.4, -0.2) is 54.4 Å². The number of rotatable bonds is 6. The van der Waals surface area contributed by atoms with Crippen LogP contribution in [0.25, 0.3) is 0 Å². The summed E-state index contributed by atoms with van der Waals surface area (Å²) in [6, 6.07) is -0.154. The molecule has 22 heavy (non-hydrogen) atoms. The number of urea groups is 1. The normalized spacial score (nSPS) is 26.1. The van der Waals surface area contributed by atoms with E-state index in [1.165, 1.54) is 12.8 Å². The van der Waals surface area contributed by atoms with Crippen molar-refractivity contribution in [3.05, 3.63) is 0 Å². The summed E-state index contributed by atoms with van der Waals surface area (Å²) in [5.41, 5.74) is 0. The highest BCUT2D eigenvalue weighted by molar-refractivity contribution is 5.76. The molecule has 1 aliphatic carbocycles. The molecule has 0 radical (unpaired) electrons. The van der Waals surface area contributed by atoms with E-state index >= 15 is 0 Å². The lowest BCUT2D eigenvalue weighted by Crippen LogP contribution is -2.49. The van der Waals surface area contributed by atoms with Gasteiger partial charge in [-0.05, 0) is 31.6 Å². The number of carboxylic acids is 1. The van der Waals surface area contributed by atoms with Gasteiger partial charge in [0.2, 0.25) is 0 Å². The molecule has 0 aromatic heterocycles. The summed E-state index contributed by atoms with van der Waals surface area (Å²) in [6.45, 7) is 4.19. The van der Waals surface area contributed by atoms with Gasteiger partial charge in [-0.1, -0.05) is 19.8 Å². The number of nitrogens with one attached hydrogen (secondary N) is 1. The van der Waals surface area contributed by atoms with Crippen LogP contribution in [0.5, 0.6) is 0 Å². The van der Waals surface area contributed by atoms with Gasteiger partial charge in [0, 0.05) is 26.2 Å². The monoisotopic (exact) mass is 312 g/mol. The fourth-order valence-electron chi connectivity index (χ4n) is 3.38. The molecule has 1 saturated heterocycles. The van der Waals surface area contributed by atoms with E-state index in [0.29, 0.717) is 38.8 Å². The van der Waals surface area contributed by atoms with Crippen molar-refractivity contribution in [1.82, 2.24) is 10.2 Å². The van der Waals surface area contributed by atoms with Crippen LogP contribution in [0, 0.1) is 11.8 Å². The third kappa shape index (κ3) is 5.16. The molecule has 2 aliphatic rings. The van der Waals surface area contributed by atoms with Gasteiger partial charge in [-0.3, -0.25) is 4.79 Å². The van der Waals surface area contributed by atoms with Crippen molar-refractivity contribution < 1.29 is 19.4 Å². The summed E-state index contributed by atoms with van der Waals surface area (Å²) in [4.78, 5) is 24.9. The lowest BCUT2D eigenvalue weighted by molar-refractivity contribution is -0.143. The Morgan fingerprint density at radius 1 is 1.27 bits per heavy atom. The van der Waals surface area contributed by atoms with Crippen LogP contribution in [0.3, 0.4) is 0 Å². The van der Waals surface area contributed by atoms with E-state index < -0.39 is 11.9 Å². The Kier molecular flexibility index (Phi) is 6.49. The standard InChI is InChI=1S/C16H28N2O4/c1-12-9-13(15(19)20)11-18(10-12)16(21)17-7-4-8-22-14-5-2-3-6-14/h12-14H,2-11H2,1H3,(H,17,21)(H,19,20). The van der Waals surface area contributed by atoms with Gasteiger partial charge < -0.3 is 20.1 Å². The smallest absolute Gasteiger partial charge is 0.317 e. The molecule has 6 nitrogen and oxygen atoms in total. The fraction of sp³-hybridized carbons (Fsp3) is 0.875. The number of piperidine rings is 1. The first-order valence-electron chi connectivity index (χ1n) is 8.43. The molecule has 6 heteroatoms. The van der Waals surface area contributed by atoms with Crippen LogP contribution in [0.1, 0.15) is 45.4 Å². The lowest BCUT2D eigenvalue weighted by Gasteiger charge is -2.34. The van der Waals surface area contributed by atoms with Gasteiger partial charge in [-0.15, -0.1) is 0 Å². The third-order valence-electron chi connectivity index (χ3n) is 4.55. The maximum Gasteiger partial charge on any atom is 0.317 e. The predicted octanol–water partition coefficient (Wildman–Crippen LogP) is 2.09. The van der Waals surface area contributed by atoms with Crippen LogP contribution in [0.2, 0.25) is 0 Å². The first-order chi connectivity index (χ1) is 10.6. The molecule has 0 bridgehead atoms. The van der Waals surface area contributed by atoms with Crippen molar-refractivity contribution in [2.45, 2.75) is 51.6 Å². The first-order valence-corrected chi connectivity index (χ1v) is 8.43. The molecule has 0 aromatic carbocycles. The van der Waals surface area contributed by atoms with E-state index in [-0.39, 0.29) is 11.9 Å². The Morgan fingerprint density at radius 2 is 2.00 bits per heavy atom. The zero-order valence-corrected chi connectivity index (χ0v) is 13.4. The van der Waals surface area contributed by atoms with Gasteiger partial charge in [0.15, 0.2) is 0 Å². The van der Waals surface area contributed by atoms with Crippen molar-refractivity contribution in [3.8, 4) is 0 Å². The molecule has 2 atom stereocenters. The molecule has 0 spiro atoms. The second kappa shape index (κ2) is 8.36. The van der Waals surface area contributed by atoms with E-state index in [2.05, 4.69) is 5.32 Å². The molecule has 2 N–H and O–H groups in total. The highest BCUT2D eigenvalue weighted by Gasteiger charge is 2.31. The minimum Gasteiger partial charge on any atom is -0.481 e. The van der Waals surface area contributed by atoms with E-state index in [0.717, 1.165) is 19.3 Å². The Labute approximate surface area is 132 Å². The third-order valence-corrected chi connectivity index (χ3v) is 4.55. The highest BCUT2D eigenvalue weighted by Crippen LogP contribution is 2.22. The summed E-state index contributed by atoms with van der Waals surface area (Å²) in [5, 5.41) is 12.0. The SMILES string of the molecule is CC1CC(C(=O)O)CN(C(=O)NCCCOC2CCCC2)C1. The molecule has 126 valence electrons. The van der Waals surface area contributed by atoms with Crippen LogP contribution >= 0.6 is 0 Å². The topological polar surface area (TPSA) is 78.9 Å². The van der Waals surface area contributed by atoms with Gasteiger partial charge in [0.05, 0.1) is 12.0 Å². The number of amides is 2. The van der Waals surface area contributed by atoms with Crippen molar-refractivity contribution in [3.63, 3.8) is 0 Å². The molecular weight excluding hydrogens is 284 g/mol. The van der Waals surface area contributed by atoms with Gasteiger partial charge in [-0.25, -0.2) is 4.79 Å². The lowest BCUT2D eigenvalue weighted by atomic mass is 9.91. The number of hydrogen-bond acceptors (Lipinski definition) is 3. The van der Waals surface area contributed by atoms with E-state index in [9.17, 15) is 9.59 Å². The van der Waals surface area contributed by atoms with Gasteiger partial charge in [0.25, 0.3) is 0 Å². The number of likely N-dealkylation sites (tertiary alicyclic amines) is 1. The molecule has 2 rings (SSSR count). The molecule has 2 fully saturated rings. The number of nitrogens with zero attached hydrogens (tertiary/aromatic N) is 1. The molecule has 1 heterocycles. The van der Waals surface area contributed by atoms with Gasteiger partial charge >= 0.3 is 12.0 Å². The molecule has 1 saturated carbocycles. The summed E-state index contributed by atoms with van der Waals surface area (Å²) >= 11 is 0. The Balaban J connectivity index is 1.62. The van der Waals surface area contributed by atoms with Crippen molar-refractivity contribution in [1.29, 1.82) is 0 Å². The number of carboxylic acid groups (broad SMARTS) is 1. The second-order valence-electron chi connectivity index (χ2n) is 6.64. The quantitative estimate of drug-likeness (QED) is 0.736. The summed E-state index contributed by atoms with van der Waals surface area (Å²) in [7, 11) is 0. The molecule has 2 unspecified atom stereocenters. The second-order valence-corrected chi connectivity index (χ2v) is 6.64. The number of carbonyl (C=O) groups is 2. The summed E-state index contributed by atoms with van der Waals surface area (Å²) < 4.78 is 5.75. The zero-order valence-electron chi connectivity index (χ0n) is 13.4. The average Bonchev–Trinajstić information content (AvgIpc) is 2.99. The fourth-order valence-corrected chi connectivity index (χ4v) is 3.38. The Morgan fingerprint density at radius 3 is 2.68 bits per heavy atom. The number of hydrogen-bond donors (Lipinski definition) is 2. The van der Waals surface area contributed by atoms with Crippen LogP contribution < -0.4 is 5.32 Å². The van der Waals surface area contributed by atoms with E-state index in [1.54, 1.807) is 4.90 Å². The minimum absolute atomic E-state index is 0.154. The molecular formula is C16H28N2O4. The zero-order chi connectivity index (χ0) is 15.9. The van der Waals surface area contributed by atoms with Gasteiger partial charge in [0.1, 0.15) is 0 Å². The van der Waals surface area contributed by atoms with Crippen molar-refractivity contribution in [2.24, 2.45) is 11.8 Å². The van der Waals surface area contributed by atoms with Crippen molar-refractivity contribution >= 4 is 12.0 Å². The number of ether oxygens (including phenoxy) is 1. The van der Waals surface area contributed by atoms with Crippen LogP contribution in [0.4, 0.5) is 4.79 Å². The largest absolute Gasteiger partial charge is 0.481 e. The van der Waals surface area contributed by atoms with E-state index in [1.807, 2.05) is 6.92 Å². The maximum atomic E-state index is 12.1. The molecule has 1 aliphatic heterocycles. The van der Waals surface area contributed by atoms with Crippen LogP contribution in [0.15, 0.2) is 0 Å². The maximum absolute atomic E-state index is 12.1. The average molecular weight is 312 g/mol. The number of aliphatic carboxylic acids is 1.